The van der Waals surface area contributed by atoms with Crippen molar-refractivity contribution in [1.82, 2.24) is 16.0 Å². The lowest BCUT2D eigenvalue weighted by Gasteiger charge is -2.35. The molecule has 0 saturated heterocycles. The van der Waals surface area contributed by atoms with Crippen LogP contribution in [0.25, 0.3) is 0 Å². The Kier molecular flexibility index (Phi) is 28.4. The summed E-state index contributed by atoms with van der Waals surface area (Å²) in [5, 5.41) is 9.44. The fourth-order valence-electron chi connectivity index (χ4n) is 12.7. The number of thioether (sulfide) groups is 4. The molecular weight excluding hydrogens is 1310 g/mol. The Bertz CT molecular complexity index is 3840. The molecule has 0 bridgehead atoms. The second kappa shape index (κ2) is 38.5. The maximum atomic E-state index is 13.0. The monoisotopic (exact) mass is 1390 g/mol. The van der Waals surface area contributed by atoms with Crippen LogP contribution in [0.5, 0.6) is 0 Å². The molecule has 6 nitrogen and oxygen atoms in total. The van der Waals surface area contributed by atoms with Crippen LogP contribution in [-0.2, 0) is 28.6 Å². The number of carbonyl (C=O) groups excluding carboxylic acids is 2. The molecule has 12 aromatic carbocycles. The third-order valence-electron chi connectivity index (χ3n) is 17.1. The maximum absolute atomic E-state index is 13.0. The summed E-state index contributed by atoms with van der Waals surface area (Å²) in [6.45, 7) is 2.80. The largest absolute Gasteiger partial charge is 0.354 e. The summed E-state index contributed by atoms with van der Waals surface area (Å²) >= 11 is 13.1. The molecule has 0 heterocycles. The Hall–Kier alpha value is -8.81. The first-order valence-corrected chi connectivity index (χ1v) is 38.1. The van der Waals surface area contributed by atoms with E-state index in [0.29, 0.717) is 26.2 Å². The van der Waals surface area contributed by atoms with E-state index in [2.05, 4.69) is 362 Å². The van der Waals surface area contributed by atoms with Gasteiger partial charge < -0.3 is 21.7 Å². The van der Waals surface area contributed by atoms with Gasteiger partial charge in [0.15, 0.2) is 0 Å². The highest BCUT2D eigenvalue weighted by molar-refractivity contribution is 8.01. The van der Waals surface area contributed by atoms with E-state index < -0.39 is 4.75 Å². The smallest absolute Gasteiger partial charge is 0.234 e. The van der Waals surface area contributed by atoms with Crippen molar-refractivity contribution in [3.8, 4) is 0 Å². The minimum Gasteiger partial charge on any atom is -0.354 e. The van der Waals surface area contributed by atoms with Crippen LogP contribution >= 0.6 is 58.6 Å². The van der Waals surface area contributed by atoms with Gasteiger partial charge in [0.05, 0.1) is 25.5 Å². The maximum Gasteiger partial charge on any atom is 0.234 e. The first kappa shape index (κ1) is 72.9. The molecule has 0 spiro atoms. The molecule has 0 atom stereocenters. The highest BCUT2D eigenvalue weighted by Crippen LogP contribution is 2.52. The average molecular weight is 1390 g/mol. The van der Waals surface area contributed by atoms with Crippen LogP contribution in [0.2, 0.25) is 0 Å². The number of benzene rings is 12. The third kappa shape index (κ3) is 18.5. The van der Waals surface area contributed by atoms with Crippen molar-refractivity contribution in [1.29, 1.82) is 0 Å². The van der Waals surface area contributed by atoms with Crippen LogP contribution in [-0.4, -0.2) is 73.4 Å². The lowest BCUT2D eigenvalue weighted by atomic mass is 9.84. The Morgan fingerprint density at radius 2 is 0.434 bits per heavy atom. The van der Waals surface area contributed by atoms with Gasteiger partial charge in [-0.15, -0.1) is 58.6 Å². The number of rotatable bonds is 30. The van der Waals surface area contributed by atoms with Crippen LogP contribution in [0.4, 0.5) is 0 Å². The van der Waals surface area contributed by atoms with Crippen molar-refractivity contribution < 1.29 is 9.59 Å². The number of carbonyl (C=O) groups is 2. The molecule has 2 amide bonds. The van der Waals surface area contributed by atoms with Gasteiger partial charge in [0.25, 0.3) is 0 Å². The molecule has 0 radical (unpaired) electrons. The molecule has 0 aromatic heterocycles. The number of nitrogens with one attached hydrogen (secondary N) is 3. The molecule has 0 saturated carbocycles. The van der Waals surface area contributed by atoms with Gasteiger partial charge in [0, 0.05) is 49.2 Å². The quantitative estimate of drug-likeness (QED) is 0.0201. The number of nitrogens with two attached hydrogens (primary N) is 1. The molecular formula is C88H85ClN4O2S4. The Labute approximate surface area is 608 Å². The highest BCUT2D eigenvalue weighted by atomic mass is 35.5. The van der Waals surface area contributed by atoms with E-state index in [1.54, 1.807) is 0 Å². The van der Waals surface area contributed by atoms with Crippen molar-refractivity contribution in [2.45, 2.75) is 19.0 Å². The second-order valence-corrected chi connectivity index (χ2v) is 28.8. The first-order valence-electron chi connectivity index (χ1n) is 33.6. The van der Waals surface area contributed by atoms with E-state index in [9.17, 15) is 9.59 Å². The van der Waals surface area contributed by atoms with Gasteiger partial charge in [-0.2, -0.15) is 0 Å². The molecule has 5 N–H and O–H groups in total. The number of halogens is 1. The van der Waals surface area contributed by atoms with Gasteiger partial charge in [-0.05, 0) is 66.8 Å². The standard InChI is InChI=1S/C44H42N2OS2.C23H22ClNOS.C21H21NS/c47-42(46-32-34-49-44(39-25-13-4-14-26-39,40-27-15-5-16-28-40)41-29-17-6-18-30-41)35-45-31-33-48-43(36-19-7-1-8-20-36,37-21-9-2-10-22-37)38-23-11-3-12-24-38;24-18-22(26)25-16-17-27-23(19-10-4-1-5-11-19,20-12-6-2-7-13-20)21-14-8-3-9-15-21;22-16-17-23-21(18-10-4-1-5-11-18,19-12-6-2-7-13-19)20-14-8-3-9-15-20/h1-30,45H,31-35H2,(H,46,47);1-15H,16-18H2,(H,25,26);1-15H,16-17,22H2. The normalized spacial score (nSPS) is 11.4. The van der Waals surface area contributed by atoms with Crippen LogP contribution in [0.3, 0.4) is 0 Å². The Balaban J connectivity index is 0.000000178. The van der Waals surface area contributed by atoms with Gasteiger partial charge in [-0.25, -0.2) is 0 Å². The lowest BCUT2D eigenvalue weighted by molar-refractivity contribution is -0.120. The predicted octanol–water partition coefficient (Wildman–Crippen LogP) is 18.9. The van der Waals surface area contributed by atoms with Crippen molar-refractivity contribution in [3.05, 3.63) is 431 Å². The second-order valence-electron chi connectivity index (χ2n) is 23.3. The molecule has 11 heteroatoms. The van der Waals surface area contributed by atoms with Crippen LogP contribution < -0.4 is 21.7 Å². The highest BCUT2D eigenvalue weighted by Gasteiger charge is 2.40. The van der Waals surface area contributed by atoms with Gasteiger partial charge >= 0.3 is 0 Å². The van der Waals surface area contributed by atoms with Crippen molar-refractivity contribution in [2.75, 3.05) is 61.6 Å². The van der Waals surface area contributed by atoms with Gasteiger partial charge in [-0.1, -0.05) is 364 Å². The summed E-state index contributed by atoms with van der Waals surface area (Å²) in [4.78, 5) is 24.5. The van der Waals surface area contributed by atoms with E-state index in [1.807, 2.05) is 65.2 Å². The Morgan fingerprint density at radius 1 is 0.263 bits per heavy atom. The predicted molar refractivity (Wildman–Crippen MR) is 425 cm³/mol. The zero-order valence-corrected chi connectivity index (χ0v) is 59.6. The average Bonchev–Trinajstić information content (AvgIpc) is 0.790. The lowest BCUT2D eigenvalue weighted by Crippen LogP contribution is -2.37. The van der Waals surface area contributed by atoms with E-state index in [-0.39, 0.29) is 38.5 Å². The molecule has 0 fully saturated rings. The van der Waals surface area contributed by atoms with Gasteiger partial charge in [0.1, 0.15) is 5.88 Å². The number of amides is 2. The van der Waals surface area contributed by atoms with Crippen LogP contribution in [0.1, 0.15) is 66.8 Å². The molecule has 0 aliphatic heterocycles. The van der Waals surface area contributed by atoms with E-state index >= 15 is 0 Å². The number of hydrogen-bond acceptors (Lipinski definition) is 8. The first-order chi connectivity index (χ1) is 48.9. The molecule has 12 rings (SSSR count). The van der Waals surface area contributed by atoms with Crippen molar-refractivity contribution in [2.24, 2.45) is 5.73 Å². The number of hydrogen-bond donors (Lipinski definition) is 4. The van der Waals surface area contributed by atoms with Crippen LogP contribution in [0, 0.1) is 0 Å². The summed E-state index contributed by atoms with van der Waals surface area (Å²) in [6.07, 6.45) is 0. The fourth-order valence-corrected chi connectivity index (χ4v) is 18.4. The summed E-state index contributed by atoms with van der Waals surface area (Å²) < 4.78 is -1.35. The summed E-state index contributed by atoms with van der Waals surface area (Å²) in [6, 6.07) is 128. The van der Waals surface area contributed by atoms with Gasteiger partial charge in [-0.3, -0.25) is 9.59 Å². The SMILES string of the molecule is NCCSC(c1ccccc1)(c1ccccc1)c1ccccc1.O=C(CCl)NCCSC(c1ccccc1)(c1ccccc1)c1ccccc1.O=C(CNCCSC(c1ccccc1)(c1ccccc1)c1ccccc1)NCCSC(c1ccccc1)(c1ccccc1)c1ccccc1. The van der Waals surface area contributed by atoms with Crippen molar-refractivity contribution in [3.63, 3.8) is 0 Å². The minimum absolute atomic E-state index is 0.00807. The summed E-state index contributed by atoms with van der Waals surface area (Å²) in [5.74, 6) is 3.12. The molecule has 0 aliphatic rings. The topological polar surface area (TPSA) is 96.2 Å². The summed E-state index contributed by atoms with van der Waals surface area (Å²) in [5.41, 5.74) is 20.8. The number of alkyl halides is 1. The minimum atomic E-state index is -0.396. The Morgan fingerprint density at radius 3 is 0.616 bits per heavy atom. The molecule has 0 aliphatic carbocycles. The van der Waals surface area contributed by atoms with Crippen LogP contribution in [0.15, 0.2) is 364 Å². The third-order valence-corrected chi connectivity index (χ3v) is 23.6. The van der Waals surface area contributed by atoms with E-state index in [1.165, 1.54) is 66.8 Å². The molecule has 0 unspecified atom stereocenters. The van der Waals surface area contributed by atoms with E-state index in [4.69, 9.17) is 17.3 Å². The molecule has 500 valence electrons. The molecule has 99 heavy (non-hydrogen) atoms. The zero-order chi connectivity index (χ0) is 68.5. The molecule has 12 aromatic rings. The van der Waals surface area contributed by atoms with Crippen molar-refractivity contribution >= 4 is 70.5 Å². The fraction of sp³-hybridized carbons (Fsp3) is 0.159. The zero-order valence-electron chi connectivity index (χ0n) is 55.6. The van der Waals surface area contributed by atoms with Gasteiger partial charge in [0.2, 0.25) is 11.8 Å². The van der Waals surface area contributed by atoms with E-state index in [0.717, 1.165) is 23.0 Å². The summed E-state index contributed by atoms with van der Waals surface area (Å²) in [7, 11) is 0.